The van der Waals surface area contributed by atoms with Crippen molar-refractivity contribution in [1.82, 2.24) is 10.1 Å². The first kappa shape index (κ1) is 19.3. The van der Waals surface area contributed by atoms with Crippen molar-refractivity contribution in [2.45, 2.75) is 57.4 Å². The molecule has 1 saturated carbocycles. The standard InChI is InChI=1S/C23H31N3O2/c1-16-2-4-17(5-3-16)12-20(24)15-26-10-8-18(9-11-26)13-22(27)21-14-23(28-25-21)19-6-7-19/h2-5,14,18-20H,6-13,15,24H2,1H3/t20-/m1/s1. The minimum Gasteiger partial charge on any atom is -0.360 e. The van der Waals surface area contributed by atoms with Crippen LogP contribution in [0.3, 0.4) is 0 Å². The van der Waals surface area contributed by atoms with E-state index in [0.29, 0.717) is 24.0 Å². The number of nitrogens with two attached hydrogens (primary N) is 1. The zero-order valence-electron chi connectivity index (χ0n) is 16.8. The molecule has 1 atom stereocenters. The van der Waals surface area contributed by atoms with Crippen molar-refractivity contribution in [3.63, 3.8) is 0 Å². The lowest BCUT2D eigenvalue weighted by Crippen LogP contribution is -2.43. The van der Waals surface area contributed by atoms with E-state index in [1.54, 1.807) is 0 Å². The Morgan fingerprint density at radius 2 is 1.93 bits per heavy atom. The van der Waals surface area contributed by atoms with E-state index in [-0.39, 0.29) is 11.8 Å². The Hall–Kier alpha value is -1.98. The van der Waals surface area contributed by atoms with Crippen molar-refractivity contribution < 1.29 is 9.32 Å². The Morgan fingerprint density at radius 1 is 1.21 bits per heavy atom. The topological polar surface area (TPSA) is 72.4 Å². The molecule has 0 spiro atoms. The largest absolute Gasteiger partial charge is 0.360 e. The summed E-state index contributed by atoms with van der Waals surface area (Å²) < 4.78 is 5.32. The number of rotatable bonds is 8. The van der Waals surface area contributed by atoms with Crippen LogP contribution in [0.25, 0.3) is 0 Å². The fraction of sp³-hybridized carbons (Fsp3) is 0.565. The van der Waals surface area contributed by atoms with Crippen LogP contribution in [-0.2, 0) is 6.42 Å². The Bertz CT molecular complexity index is 786. The van der Waals surface area contributed by atoms with Gasteiger partial charge in [-0.25, -0.2) is 0 Å². The lowest BCUT2D eigenvalue weighted by Gasteiger charge is -2.33. The van der Waals surface area contributed by atoms with Crippen LogP contribution in [0.2, 0.25) is 0 Å². The molecule has 2 fully saturated rings. The van der Waals surface area contributed by atoms with Gasteiger partial charge in [-0.05, 0) is 63.6 Å². The molecule has 2 aromatic rings. The second kappa shape index (κ2) is 8.58. The molecule has 0 amide bonds. The van der Waals surface area contributed by atoms with Gasteiger partial charge in [-0.15, -0.1) is 0 Å². The summed E-state index contributed by atoms with van der Waals surface area (Å²) in [5.74, 6) is 1.96. The first-order valence-corrected chi connectivity index (χ1v) is 10.6. The van der Waals surface area contributed by atoms with E-state index in [9.17, 15) is 4.79 Å². The quantitative estimate of drug-likeness (QED) is 0.706. The summed E-state index contributed by atoms with van der Waals surface area (Å²) in [6.45, 7) is 5.06. The van der Waals surface area contributed by atoms with E-state index in [2.05, 4.69) is 41.2 Å². The van der Waals surface area contributed by atoms with Gasteiger partial charge in [0.2, 0.25) is 0 Å². The van der Waals surface area contributed by atoms with Gasteiger partial charge in [0, 0.05) is 31.0 Å². The minimum atomic E-state index is 0.130. The van der Waals surface area contributed by atoms with E-state index < -0.39 is 0 Å². The lowest BCUT2D eigenvalue weighted by atomic mass is 9.90. The van der Waals surface area contributed by atoms with Crippen LogP contribution < -0.4 is 5.73 Å². The first-order chi connectivity index (χ1) is 13.6. The maximum absolute atomic E-state index is 12.5. The Kier molecular flexibility index (Phi) is 5.93. The molecule has 0 bridgehead atoms. The third kappa shape index (κ3) is 5.09. The summed E-state index contributed by atoms with van der Waals surface area (Å²) in [4.78, 5) is 14.9. The van der Waals surface area contributed by atoms with E-state index in [1.165, 1.54) is 11.1 Å². The average Bonchev–Trinajstić information content (AvgIpc) is 3.41. The van der Waals surface area contributed by atoms with Crippen LogP contribution >= 0.6 is 0 Å². The fourth-order valence-electron chi connectivity index (χ4n) is 4.14. The molecular weight excluding hydrogens is 350 g/mol. The number of Topliss-reactive ketones (excluding diaryl/α,β-unsaturated/α-hetero) is 1. The number of ketones is 1. The lowest BCUT2D eigenvalue weighted by molar-refractivity contribution is 0.0916. The van der Waals surface area contributed by atoms with Gasteiger partial charge in [0.15, 0.2) is 5.78 Å². The summed E-state index contributed by atoms with van der Waals surface area (Å²) in [5.41, 5.74) is 9.48. The number of hydrogen-bond donors (Lipinski definition) is 1. The number of aromatic nitrogens is 1. The molecule has 4 rings (SSSR count). The van der Waals surface area contributed by atoms with Gasteiger partial charge in [0.05, 0.1) is 0 Å². The molecule has 2 N–H and O–H groups in total. The number of nitrogens with zero attached hydrogens (tertiary/aromatic N) is 2. The number of piperidine rings is 1. The van der Waals surface area contributed by atoms with Crippen molar-refractivity contribution >= 4 is 5.78 Å². The third-order valence-electron chi connectivity index (χ3n) is 6.09. The molecule has 1 aromatic heterocycles. The van der Waals surface area contributed by atoms with Crippen LogP contribution in [-0.4, -0.2) is 41.5 Å². The summed E-state index contributed by atoms with van der Waals surface area (Å²) in [6.07, 6.45) is 5.92. The van der Waals surface area contributed by atoms with Gasteiger partial charge >= 0.3 is 0 Å². The van der Waals surface area contributed by atoms with Crippen molar-refractivity contribution in [1.29, 1.82) is 0 Å². The van der Waals surface area contributed by atoms with Crippen LogP contribution in [0.1, 0.15) is 65.4 Å². The van der Waals surface area contributed by atoms with Gasteiger partial charge in [-0.1, -0.05) is 35.0 Å². The smallest absolute Gasteiger partial charge is 0.185 e. The van der Waals surface area contributed by atoms with Gasteiger partial charge in [-0.2, -0.15) is 0 Å². The van der Waals surface area contributed by atoms with E-state index in [1.807, 2.05) is 6.07 Å². The van der Waals surface area contributed by atoms with Crippen LogP contribution in [0.15, 0.2) is 34.9 Å². The summed E-state index contributed by atoms with van der Waals surface area (Å²) in [5, 5.41) is 3.99. The first-order valence-electron chi connectivity index (χ1n) is 10.6. The second-order valence-electron chi connectivity index (χ2n) is 8.71. The zero-order chi connectivity index (χ0) is 19.5. The SMILES string of the molecule is Cc1ccc(C[C@@H](N)CN2CCC(CC(=O)c3cc(C4CC4)on3)CC2)cc1. The molecule has 0 unspecified atom stereocenters. The molecule has 1 aromatic carbocycles. The number of aryl methyl sites for hydroxylation is 1. The van der Waals surface area contributed by atoms with Crippen molar-refractivity contribution in [2.24, 2.45) is 11.7 Å². The normalized spacial score (nSPS) is 19.6. The summed E-state index contributed by atoms with van der Waals surface area (Å²) in [7, 11) is 0. The Balaban J connectivity index is 1.19. The van der Waals surface area contributed by atoms with E-state index >= 15 is 0 Å². The fourth-order valence-corrected chi connectivity index (χ4v) is 4.14. The second-order valence-corrected chi connectivity index (χ2v) is 8.71. The van der Waals surface area contributed by atoms with Crippen molar-refractivity contribution in [2.75, 3.05) is 19.6 Å². The number of carbonyl (C=O) groups is 1. The third-order valence-corrected chi connectivity index (χ3v) is 6.09. The van der Waals surface area contributed by atoms with Crippen LogP contribution in [0, 0.1) is 12.8 Å². The molecule has 0 radical (unpaired) electrons. The molecule has 1 saturated heterocycles. The Morgan fingerprint density at radius 3 is 2.61 bits per heavy atom. The van der Waals surface area contributed by atoms with Crippen LogP contribution in [0.4, 0.5) is 0 Å². The van der Waals surface area contributed by atoms with Gasteiger partial charge in [-0.3, -0.25) is 4.79 Å². The maximum Gasteiger partial charge on any atom is 0.185 e. The van der Waals surface area contributed by atoms with Crippen molar-refractivity contribution in [3.05, 3.63) is 52.9 Å². The molecule has 28 heavy (non-hydrogen) atoms. The highest BCUT2D eigenvalue weighted by atomic mass is 16.5. The summed E-state index contributed by atoms with van der Waals surface area (Å²) in [6, 6.07) is 10.6. The van der Waals surface area contributed by atoms with Gasteiger partial charge in [0.1, 0.15) is 11.5 Å². The van der Waals surface area contributed by atoms with Crippen LogP contribution in [0.5, 0.6) is 0 Å². The van der Waals surface area contributed by atoms with Gasteiger partial charge in [0.25, 0.3) is 0 Å². The number of hydrogen-bond acceptors (Lipinski definition) is 5. The highest BCUT2D eigenvalue weighted by Crippen LogP contribution is 2.40. The monoisotopic (exact) mass is 381 g/mol. The molecule has 1 aliphatic carbocycles. The minimum absolute atomic E-state index is 0.130. The highest BCUT2D eigenvalue weighted by Gasteiger charge is 2.30. The van der Waals surface area contributed by atoms with E-state index in [4.69, 9.17) is 10.3 Å². The summed E-state index contributed by atoms with van der Waals surface area (Å²) >= 11 is 0. The van der Waals surface area contributed by atoms with Gasteiger partial charge < -0.3 is 15.2 Å². The van der Waals surface area contributed by atoms with E-state index in [0.717, 1.165) is 57.5 Å². The maximum atomic E-state index is 12.5. The molecular formula is C23H31N3O2. The number of carbonyl (C=O) groups excluding carboxylic acids is 1. The Labute approximate surface area is 167 Å². The molecule has 2 aliphatic rings. The predicted octanol–water partition coefficient (Wildman–Crippen LogP) is 3.72. The number of benzene rings is 1. The number of likely N-dealkylation sites (tertiary alicyclic amines) is 1. The zero-order valence-corrected chi connectivity index (χ0v) is 16.8. The molecule has 1 aliphatic heterocycles. The highest BCUT2D eigenvalue weighted by molar-refractivity contribution is 5.94. The molecule has 5 heteroatoms. The molecule has 2 heterocycles. The molecule has 5 nitrogen and oxygen atoms in total. The predicted molar refractivity (Wildman–Crippen MR) is 109 cm³/mol. The van der Waals surface area contributed by atoms with Crippen molar-refractivity contribution in [3.8, 4) is 0 Å². The molecule has 150 valence electrons. The average molecular weight is 382 g/mol.